The molecule has 0 amide bonds. The largest absolute Gasteiger partial charge is 0.495 e. The second-order valence-electron chi connectivity index (χ2n) is 2.86. The fourth-order valence-corrected chi connectivity index (χ4v) is 1.26. The summed E-state index contributed by atoms with van der Waals surface area (Å²) in [6.45, 7) is 0. The highest BCUT2D eigenvalue weighted by Gasteiger charge is 2.16. The molecule has 16 heavy (non-hydrogen) atoms. The predicted molar refractivity (Wildman–Crippen MR) is 55.6 cm³/mol. The van der Waals surface area contributed by atoms with Gasteiger partial charge in [-0.05, 0) is 12.1 Å². The Labute approximate surface area is 93.2 Å². The number of ether oxygens (including phenoxy) is 3. The molecular formula is C11H11NO4. The van der Waals surface area contributed by atoms with Crippen molar-refractivity contribution in [1.29, 1.82) is 5.26 Å². The number of nitriles is 1. The summed E-state index contributed by atoms with van der Waals surface area (Å²) in [5.74, 6) is 0.0468. The summed E-state index contributed by atoms with van der Waals surface area (Å²) < 4.78 is 14.6. The first-order chi connectivity index (χ1) is 7.67. The SMILES string of the molecule is COC(=O)c1cc(OC)c(C#N)c(OC)c1. The van der Waals surface area contributed by atoms with Crippen LogP contribution in [0, 0.1) is 11.3 Å². The van der Waals surface area contributed by atoms with E-state index in [1.54, 1.807) is 0 Å². The molecule has 1 rings (SSSR count). The van der Waals surface area contributed by atoms with Gasteiger partial charge in [-0.3, -0.25) is 0 Å². The van der Waals surface area contributed by atoms with Crippen LogP contribution in [0.3, 0.4) is 0 Å². The molecule has 0 spiro atoms. The van der Waals surface area contributed by atoms with E-state index in [4.69, 9.17) is 14.7 Å². The van der Waals surface area contributed by atoms with Crippen LogP contribution in [0.5, 0.6) is 11.5 Å². The Hall–Kier alpha value is -2.22. The van der Waals surface area contributed by atoms with Gasteiger partial charge >= 0.3 is 5.97 Å². The lowest BCUT2D eigenvalue weighted by molar-refractivity contribution is 0.0600. The van der Waals surface area contributed by atoms with E-state index in [1.165, 1.54) is 33.5 Å². The summed E-state index contributed by atoms with van der Waals surface area (Å²) >= 11 is 0. The van der Waals surface area contributed by atoms with Crippen molar-refractivity contribution in [2.45, 2.75) is 0 Å². The van der Waals surface area contributed by atoms with Crippen molar-refractivity contribution >= 4 is 5.97 Å². The molecule has 0 saturated heterocycles. The van der Waals surface area contributed by atoms with Gasteiger partial charge < -0.3 is 14.2 Å². The van der Waals surface area contributed by atoms with E-state index >= 15 is 0 Å². The van der Waals surface area contributed by atoms with Gasteiger partial charge in [-0.15, -0.1) is 0 Å². The number of methoxy groups -OCH3 is 3. The summed E-state index contributed by atoms with van der Waals surface area (Å²) in [4.78, 5) is 11.3. The van der Waals surface area contributed by atoms with E-state index in [1.807, 2.05) is 6.07 Å². The van der Waals surface area contributed by atoms with Crippen molar-refractivity contribution in [3.05, 3.63) is 23.3 Å². The zero-order valence-electron chi connectivity index (χ0n) is 9.23. The van der Waals surface area contributed by atoms with Crippen molar-refractivity contribution in [2.75, 3.05) is 21.3 Å². The second-order valence-corrected chi connectivity index (χ2v) is 2.86. The highest BCUT2D eigenvalue weighted by Crippen LogP contribution is 2.29. The average Bonchev–Trinajstić information content (AvgIpc) is 2.35. The quantitative estimate of drug-likeness (QED) is 0.721. The maximum atomic E-state index is 11.3. The first-order valence-corrected chi connectivity index (χ1v) is 4.42. The molecule has 1 aromatic rings. The third-order valence-corrected chi connectivity index (χ3v) is 2.04. The Morgan fingerprint density at radius 1 is 1.19 bits per heavy atom. The highest BCUT2D eigenvalue weighted by atomic mass is 16.5. The van der Waals surface area contributed by atoms with Gasteiger partial charge in [-0.2, -0.15) is 5.26 Å². The van der Waals surface area contributed by atoms with Crippen LogP contribution in [0.25, 0.3) is 0 Å². The number of carbonyl (C=O) groups excluding carboxylic acids is 1. The summed E-state index contributed by atoms with van der Waals surface area (Å²) in [7, 11) is 4.10. The van der Waals surface area contributed by atoms with Crippen LogP contribution in [0.2, 0.25) is 0 Å². The second kappa shape index (κ2) is 5.03. The Balaban J connectivity index is 3.38. The maximum Gasteiger partial charge on any atom is 0.338 e. The van der Waals surface area contributed by atoms with E-state index in [0.29, 0.717) is 0 Å². The number of hydrogen-bond donors (Lipinski definition) is 0. The molecule has 0 aliphatic heterocycles. The van der Waals surface area contributed by atoms with Gasteiger partial charge in [0, 0.05) is 0 Å². The molecule has 0 aliphatic rings. The smallest absolute Gasteiger partial charge is 0.338 e. The van der Waals surface area contributed by atoms with Crippen molar-refractivity contribution in [3.8, 4) is 17.6 Å². The summed E-state index contributed by atoms with van der Waals surface area (Å²) in [5.41, 5.74) is 0.521. The summed E-state index contributed by atoms with van der Waals surface area (Å²) in [6.07, 6.45) is 0. The molecule has 0 atom stereocenters. The monoisotopic (exact) mass is 221 g/mol. The number of carbonyl (C=O) groups is 1. The molecule has 0 heterocycles. The first-order valence-electron chi connectivity index (χ1n) is 4.42. The van der Waals surface area contributed by atoms with Crippen molar-refractivity contribution in [2.24, 2.45) is 0 Å². The van der Waals surface area contributed by atoms with Gasteiger partial charge in [0.05, 0.1) is 26.9 Å². The molecule has 0 N–H and O–H groups in total. The first kappa shape index (κ1) is 11.9. The molecule has 0 unspecified atom stereocenters. The normalized spacial score (nSPS) is 9.12. The third kappa shape index (κ3) is 2.06. The molecule has 5 heteroatoms. The lowest BCUT2D eigenvalue weighted by atomic mass is 10.1. The van der Waals surface area contributed by atoms with Crippen LogP contribution >= 0.6 is 0 Å². The molecule has 1 aromatic carbocycles. The molecule has 5 nitrogen and oxygen atoms in total. The Bertz CT molecular complexity index is 423. The van der Waals surface area contributed by atoms with E-state index in [2.05, 4.69) is 4.74 Å². The lowest BCUT2D eigenvalue weighted by Gasteiger charge is -2.09. The predicted octanol–water partition coefficient (Wildman–Crippen LogP) is 1.36. The van der Waals surface area contributed by atoms with Crippen molar-refractivity contribution < 1.29 is 19.0 Å². The van der Waals surface area contributed by atoms with Crippen LogP contribution in [-0.4, -0.2) is 27.3 Å². The number of nitrogens with zero attached hydrogens (tertiary/aromatic N) is 1. The number of rotatable bonds is 3. The molecule has 0 radical (unpaired) electrons. The molecule has 0 bridgehead atoms. The molecule has 0 fully saturated rings. The standard InChI is InChI=1S/C11H11NO4/c1-14-9-4-7(11(13)16-3)5-10(15-2)8(9)6-12/h4-5H,1-3H3. The molecule has 84 valence electrons. The summed E-state index contributed by atoms with van der Waals surface area (Å²) in [5, 5.41) is 8.92. The van der Waals surface area contributed by atoms with Crippen LogP contribution < -0.4 is 9.47 Å². The zero-order chi connectivity index (χ0) is 12.1. The van der Waals surface area contributed by atoms with Gasteiger partial charge in [0.15, 0.2) is 0 Å². The molecule has 0 aromatic heterocycles. The van der Waals surface area contributed by atoms with E-state index < -0.39 is 5.97 Å². The van der Waals surface area contributed by atoms with Gasteiger partial charge in [0.2, 0.25) is 0 Å². The minimum Gasteiger partial charge on any atom is -0.495 e. The van der Waals surface area contributed by atoms with Crippen LogP contribution in [-0.2, 0) is 4.74 Å². The maximum absolute atomic E-state index is 11.3. The van der Waals surface area contributed by atoms with Crippen LogP contribution in [0.15, 0.2) is 12.1 Å². The Morgan fingerprint density at radius 2 is 1.69 bits per heavy atom. The fourth-order valence-electron chi connectivity index (χ4n) is 1.26. The van der Waals surface area contributed by atoms with Crippen LogP contribution in [0.4, 0.5) is 0 Å². The van der Waals surface area contributed by atoms with Crippen molar-refractivity contribution in [1.82, 2.24) is 0 Å². The Kier molecular flexibility index (Phi) is 3.72. The minimum absolute atomic E-state index is 0.248. The van der Waals surface area contributed by atoms with Gasteiger partial charge in [-0.25, -0.2) is 4.79 Å². The van der Waals surface area contributed by atoms with E-state index in [-0.39, 0.29) is 22.6 Å². The van der Waals surface area contributed by atoms with E-state index in [9.17, 15) is 4.79 Å². The van der Waals surface area contributed by atoms with Gasteiger partial charge in [-0.1, -0.05) is 0 Å². The summed E-state index contributed by atoms with van der Waals surface area (Å²) in [6, 6.07) is 4.82. The Morgan fingerprint density at radius 3 is 2.00 bits per heavy atom. The fraction of sp³-hybridized carbons (Fsp3) is 0.273. The third-order valence-electron chi connectivity index (χ3n) is 2.04. The van der Waals surface area contributed by atoms with Gasteiger partial charge in [0.1, 0.15) is 23.1 Å². The zero-order valence-corrected chi connectivity index (χ0v) is 9.23. The molecular weight excluding hydrogens is 210 g/mol. The average molecular weight is 221 g/mol. The van der Waals surface area contributed by atoms with Crippen LogP contribution in [0.1, 0.15) is 15.9 Å². The number of hydrogen-bond acceptors (Lipinski definition) is 5. The highest BCUT2D eigenvalue weighted by molar-refractivity contribution is 5.91. The number of esters is 1. The van der Waals surface area contributed by atoms with E-state index in [0.717, 1.165) is 0 Å². The number of benzene rings is 1. The minimum atomic E-state index is -0.513. The van der Waals surface area contributed by atoms with Crippen molar-refractivity contribution in [3.63, 3.8) is 0 Å². The lowest BCUT2D eigenvalue weighted by Crippen LogP contribution is -2.04. The molecule has 0 aliphatic carbocycles. The topological polar surface area (TPSA) is 68.5 Å². The molecule has 0 saturated carbocycles. The van der Waals surface area contributed by atoms with Gasteiger partial charge in [0.25, 0.3) is 0 Å².